The van der Waals surface area contributed by atoms with Crippen molar-refractivity contribution < 1.29 is 9.90 Å². The second-order valence-corrected chi connectivity index (χ2v) is 6.82. The van der Waals surface area contributed by atoms with Gasteiger partial charge in [-0.25, -0.2) is 14.5 Å². The second kappa shape index (κ2) is 7.33. The summed E-state index contributed by atoms with van der Waals surface area (Å²) in [6.45, 7) is 3.77. The second-order valence-electron chi connectivity index (χ2n) is 6.82. The van der Waals surface area contributed by atoms with Gasteiger partial charge >= 0.3 is 6.09 Å². The summed E-state index contributed by atoms with van der Waals surface area (Å²) in [5.41, 5.74) is 10.2. The smallest absolute Gasteiger partial charge is 0.409 e. The lowest BCUT2D eigenvalue weighted by Gasteiger charge is -2.11. The Morgan fingerprint density at radius 2 is 1.97 bits per heavy atom. The van der Waals surface area contributed by atoms with E-state index in [1.165, 1.54) is 0 Å². The van der Waals surface area contributed by atoms with Crippen LogP contribution < -0.4 is 11.1 Å². The number of nitrogens with zero attached hydrogens (tertiary/aromatic N) is 4. The number of aryl methyl sites for hydroxylation is 1. The van der Waals surface area contributed by atoms with Crippen LogP contribution in [0.2, 0.25) is 0 Å². The van der Waals surface area contributed by atoms with Gasteiger partial charge in [0.05, 0.1) is 28.8 Å². The molecule has 1 amide bonds. The minimum absolute atomic E-state index is 0.211. The number of nitrogens with one attached hydrogen (secondary N) is 1. The number of hydrogen-bond acceptors (Lipinski definition) is 5. The summed E-state index contributed by atoms with van der Waals surface area (Å²) in [5, 5.41) is 16.8. The molecule has 0 bridgehead atoms. The number of pyridine rings is 2. The van der Waals surface area contributed by atoms with Gasteiger partial charge in [-0.2, -0.15) is 5.10 Å². The summed E-state index contributed by atoms with van der Waals surface area (Å²) >= 11 is 0. The molecule has 29 heavy (non-hydrogen) atoms. The van der Waals surface area contributed by atoms with Crippen LogP contribution in [0.3, 0.4) is 0 Å². The van der Waals surface area contributed by atoms with Crippen LogP contribution in [0.25, 0.3) is 28.0 Å². The quantitative estimate of drug-likeness (QED) is 0.488. The molecule has 0 radical (unpaired) electrons. The van der Waals surface area contributed by atoms with Crippen LogP contribution >= 0.6 is 0 Å². The van der Waals surface area contributed by atoms with E-state index in [0.29, 0.717) is 22.6 Å². The Morgan fingerprint density at radius 1 is 1.17 bits per heavy atom. The minimum Gasteiger partial charge on any atom is -0.465 e. The van der Waals surface area contributed by atoms with Gasteiger partial charge in [0.25, 0.3) is 0 Å². The molecule has 146 valence electrons. The number of amides is 1. The predicted molar refractivity (Wildman–Crippen MR) is 111 cm³/mol. The number of carboxylic acid groups (broad SMARTS) is 1. The first-order valence-electron chi connectivity index (χ1n) is 9.11. The molecule has 0 aliphatic heterocycles. The first-order valence-corrected chi connectivity index (χ1v) is 9.11. The Kier molecular flexibility index (Phi) is 4.69. The molecule has 3 aromatic heterocycles. The number of carbonyl (C=O) groups is 1. The Balaban J connectivity index is 1.95. The molecule has 8 heteroatoms. The maximum Gasteiger partial charge on any atom is 0.409 e. The summed E-state index contributed by atoms with van der Waals surface area (Å²) in [4.78, 5) is 20.5. The molecule has 3 heterocycles. The highest BCUT2D eigenvalue weighted by Gasteiger charge is 2.15. The number of anilines is 1. The third-order valence-electron chi connectivity index (χ3n) is 4.55. The van der Waals surface area contributed by atoms with E-state index in [1.54, 1.807) is 16.9 Å². The molecule has 1 aromatic carbocycles. The maximum atomic E-state index is 11.3. The first kappa shape index (κ1) is 18.6. The van der Waals surface area contributed by atoms with Crippen LogP contribution in [0.5, 0.6) is 0 Å². The zero-order chi connectivity index (χ0) is 20.5. The Morgan fingerprint density at radius 3 is 2.69 bits per heavy atom. The fourth-order valence-electron chi connectivity index (χ4n) is 3.19. The van der Waals surface area contributed by atoms with Gasteiger partial charge in [-0.3, -0.25) is 10.3 Å². The molecule has 8 nitrogen and oxygen atoms in total. The van der Waals surface area contributed by atoms with Crippen LogP contribution in [0.4, 0.5) is 10.5 Å². The van der Waals surface area contributed by atoms with Crippen molar-refractivity contribution in [2.75, 3.05) is 5.32 Å². The highest BCUT2D eigenvalue weighted by atomic mass is 16.4. The van der Waals surface area contributed by atoms with Gasteiger partial charge in [0, 0.05) is 22.7 Å². The molecular formula is C21H20N6O2. The van der Waals surface area contributed by atoms with E-state index in [4.69, 9.17) is 5.73 Å². The predicted octanol–water partition coefficient (Wildman–Crippen LogP) is 3.90. The van der Waals surface area contributed by atoms with Crippen molar-refractivity contribution in [3.63, 3.8) is 0 Å². The SMILES string of the molecule is Cc1cccc(-n2ncc3c(NC(=O)O)cc(-c4cccc(C(C)N)n4)cc32)n1. The lowest BCUT2D eigenvalue weighted by molar-refractivity contribution is 0.210. The van der Waals surface area contributed by atoms with E-state index >= 15 is 0 Å². The summed E-state index contributed by atoms with van der Waals surface area (Å²) in [5.74, 6) is 0.649. The molecule has 0 saturated heterocycles. The topological polar surface area (TPSA) is 119 Å². The average molecular weight is 388 g/mol. The molecule has 0 spiro atoms. The van der Waals surface area contributed by atoms with Gasteiger partial charge in [-0.1, -0.05) is 12.1 Å². The number of hydrogen-bond donors (Lipinski definition) is 3. The van der Waals surface area contributed by atoms with Gasteiger partial charge in [0.1, 0.15) is 0 Å². The molecule has 0 aliphatic carbocycles. The number of benzene rings is 1. The molecule has 0 saturated carbocycles. The van der Waals surface area contributed by atoms with E-state index in [1.807, 2.05) is 56.3 Å². The zero-order valence-corrected chi connectivity index (χ0v) is 16.0. The van der Waals surface area contributed by atoms with Gasteiger partial charge in [0.15, 0.2) is 5.82 Å². The normalized spacial score (nSPS) is 12.1. The van der Waals surface area contributed by atoms with Crippen molar-refractivity contribution in [3.05, 3.63) is 66.1 Å². The van der Waals surface area contributed by atoms with E-state index in [2.05, 4.69) is 20.4 Å². The summed E-state index contributed by atoms with van der Waals surface area (Å²) in [6, 6.07) is 14.7. The van der Waals surface area contributed by atoms with Gasteiger partial charge < -0.3 is 10.8 Å². The molecule has 4 rings (SSSR count). The fourth-order valence-corrected chi connectivity index (χ4v) is 3.19. The summed E-state index contributed by atoms with van der Waals surface area (Å²) in [7, 11) is 0. The van der Waals surface area contributed by atoms with Crippen molar-refractivity contribution in [3.8, 4) is 17.1 Å². The van der Waals surface area contributed by atoms with Crippen molar-refractivity contribution in [2.45, 2.75) is 19.9 Å². The maximum absolute atomic E-state index is 11.3. The van der Waals surface area contributed by atoms with Crippen molar-refractivity contribution in [1.82, 2.24) is 19.7 Å². The highest BCUT2D eigenvalue weighted by Crippen LogP contribution is 2.32. The Hall–Kier alpha value is -3.78. The number of fused-ring (bicyclic) bond motifs is 1. The molecule has 0 aliphatic rings. The largest absolute Gasteiger partial charge is 0.465 e. The molecule has 1 atom stereocenters. The van der Waals surface area contributed by atoms with E-state index in [9.17, 15) is 9.90 Å². The molecule has 4 aromatic rings. The van der Waals surface area contributed by atoms with Crippen LogP contribution in [0.1, 0.15) is 24.4 Å². The number of nitrogens with two attached hydrogens (primary N) is 1. The molecule has 0 fully saturated rings. The van der Waals surface area contributed by atoms with Crippen molar-refractivity contribution in [1.29, 1.82) is 0 Å². The zero-order valence-electron chi connectivity index (χ0n) is 16.0. The highest BCUT2D eigenvalue weighted by molar-refractivity contribution is 6.01. The van der Waals surface area contributed by atoms with Gasteiger partial charge in [0.2, 0.25) is 0 Å². The first-order chi connectivity index (χ1) is 13.9. The minimum atomic E-state index is -1.15. The van der Waals surface area contributed by atoms with Gasteiger partial charge in [-0.05, 0) is 50.2 Å². The van der Waals surface area contributed by atoms with Crippen LogP contribution in [0.15, 0.2) is 54.7 Å². The van der Waals surface area contributed by atoms with Crippen LogP contribution in [-0.4, -0.2) is 30.9 Å². The average Bonchev–Trinajstić information content (AvgIpc) is 3.12. The number of rotatable bonds is 4. The molecular weight excluding hydrogens is 368 g/mol. The third-order valence-corrected chi connectivity index (χ3v) is 4.55. The van der Waals surface area contributed by atoms with Crippen LogP contribution in [-0.2, 0) is 0 Å². The number of aromatic nitrogens is 4. The van der Waals surface area contributed by atoms with E-state index in [-0.39, 0.29) is 6.04 Å². The summed E-state index contributed by atoms with van der Waals surface area (Å²) in [6.07, 6.45) is 0.474. The van der Waals surface area contributed by atoms with Crippen molar-refractivity contribution >= 4 is 22.7 Å². The fraction of sp³-hybridized carbons (Fsp3) is 0.143. The molecule has 1 unspecified atom stereocenters. The Labute approximate surface area is 167 Å². The lowest BCUT2D eigenvalue weighted by atomic mass is 10.1. The van der Waals surface area contributed by atoms with E-state index < -0.39 is 6.09 Å². The summed E-state index contributed by atoms with van der Waals surface area (Å²) < 4.78 is 1.69. The van der Waals surface area contributed by atoms with Crippen LogP contribution in [0, 0.1) is 6.92 Å². The monoisotopic (exact) mass is 388 g/mol. The standard InChI is InChI=1S/C21H20N6O2/c1-12-5-3-8-20(24-12)27-19-10-14(17-7-4-6-16(25-17)13(2)22)9-18(26-21(28)29)15(19)11-23-27/h3-11,13,26H,22H2,1-2H3,(H,28,29). The van der Waals surface area contributed by atoms with Gasteiger partial charge in [-0.15, -0.1) is 0 Å². The van der Waals surface area contributed by atoms with E-state index in [0.717, 1.165) is 22.5 Å². The lowest BCUT2D eigenvalue weighted by Crippen LogP contribution is -2.09. The van der Waals surface area contributed by atoms with Crippen molar-refractivity contribution in [2.24, 2.45) is 5.73 Å². The Bertz CT molecular complexity index is 1220. The molecule has 4 N–H and O–H groups in total. The third kappa shape index (κ3) is 3.65.